The highest BCUT2D eigenvalue weighted by molar-refractivity contribution is 5.91. The van der Waals surface area contributed by atoms with E-state index < -0.39 is 0 Å². The number of hydrogen-bond donors (Lipinski definition) is 1. The highest BCUT2D eigenvalue weighted by atomic mass is 16.5. The molecule has 30 heavy (non-hydrogen) atoms. The van der Waals surface area contributed by atoms with Gasteiger partial charge in [-0.3, -0.25) is 14.5 Å². The largest absolute Gasteiger partial charge is 0.493 e. The summed E-state index contributed by atoms with van der Waals surface area (Å²) in [6, 6.07) is 6.97. The second kappa shape index (κ2) is 10.0. The van der Waals surface area contributed by atoms with Crippen LogP contribution >= 0.6 is 0 Å². The molecule has 9 nitrogen and oxygen atoms in total. The molecule has 3 rings (SSSR count). The second-order valence-corrected chi connectivity index (χ2v) is 6.86. The van der Waals surface area contributed by atoms with Gasteiger partial charge in [0, 0.05) is 32.7 Å². The topological polar surface area (TPSA) is 93.5 Å². The van der Waals surface area contributed by atoms with Gasteiger partial charge in [0.15, 0.2) is 17.3 Å². The Kier molecular flexibility index (Phi) is 7.18. The average Bonchev–Trinajstić information content (AvgIpc) is 3.31. The smallest absolute Gasteiger partial charge is 0.289 e. The maximum atomic E-state index is 12.4. The summed E-state index contributed by atoms with van der Waals surface area (Å²) in [5.41, 5.74) is 0.840. The van der Waals surface area contributed by atoms with E-state index in [0.717, 1.165) is 5.56 Å². The molecule has 0 radical (unpaired) electrons. The van der Waals surface area contributed by atoms with Crippen LogP contribution < -0.4 is 19.5 Å². The van der Waals surface area contributed by atoms with E-state index in [1.54, 1.807) is 50.5 Å². The van der Waals surface area contributed by atoms with Gasteiger partial charge in [-0.25, -0.2) is 0 Å². The Bertz CT molecular complexity index is 835. The minimum absolute atomic E-state index is 0.0884. The number of nitrogens with zero attached hydrogens (tertiary/aromatic N) is 2. The molecule has 9 heteroatoms. The molecule has 1 N–H and O–H groups in total. The molecule has 2 amide bonds. The van der Waals surface area contributed by atoms with E-state index in [2.05, 4.69) is 5.32 Å². The number of furan rings is 1. The number of carbonyl (C=O) groups excluding carboxylic acids is 2. The highest BCUT2D eigenvalue weighted by Gasteiger charge is 2.24. The quantitative estimate of drug-likeness (QED) is 0.694. The summed E-state index contributed by atoms with van der Waals surface area (Å²) in [5, 5.41) is 2.91. The van der Waals surface area contributed by atoms with Crippen molar-refractivity contribution in [3.05, 3.63) is 41.9 Å². The van der Waals surface area contributed by atoms with Crippen LogP contribution in [0.25, 0.3) is 0 Å². The van der Waals surface area contributed by atoms with E-state index in [1.807, 2.05) is 4.90 Å². The number of rotatable bonds is 8. The lowest BCUT2D eigenvalue weighted by Gasteiger charge is -2.33. The van der Waals surface area contributed by atoms with Crippen molar-refractivity contribution in [3.8, 4) is 17.2 Å². The summed E-state index contributed by atoms with van der Waals surface area (Å²) < 4.78 is 21.2. The van der Waals surface area contributed by atoms with Crippen molar-refractivity contribution in [2.24, 2.45) is 0 Å². The maximum Gasteiger partial charge on any atom is 0.289 e. The molecular weight excluding hydrogens is 390 g/mol. The van der Waals surface area contributed by atoms with Crippen molar-refractivity contribution in [2.75, 3.05) is 54.1 Å². The SMILES string of the molecule is COc1cc(CNC(=O)CN2CCN(C(=O)c3ccco3)CC2)cc(OC)c1OC. The van der Waals surface area contributed by atoms with Crippen LogP contribution in [0.5, 0.6) is 17.2 Å². The summed E-state index contributed by atoms with van der Waals surface area (Å²) in [6.07, 6.45) is 1.49. The van der Waals surface area contributed by atoms with Crippen LogP contribution in [0.2, 0.25) is 0 Å². The fourth-order valence-corrected chi connectivity index (χ4v) is 3.36. The predicted octanol–water partition coefficient (Wildman–Crippen LogP) is 1.38. The lowest BCUT2D eigenvalue weighted by molar-refractivity contribution is -0.122. The van der Waals surface area contributed by atoms with E-state index in [-0.39, 0.29) is 18.4 Å². The van der Waals surface area contributed by atoms with Crippen molar-refractivity contribution < 1.29 is 28.2 Å². The van der Waals surface area contributed by atoms with Crippen molar-refractivity contribution in [2.45, 2.75) is 6.54 Å². The van der Waals surface area contributed by atoms with Crippen molar-refractivity contribution in [3.63, 3.8) is 0 Å². The van der Waals surface area contributed by atoms with Crippen molar-refractivity contribution in [1.82, 2.24) is 15.1 Å². The third-order valence-corrected chi connectivity index (χ3v) is 4.97. The van der Waals surface area contributed by atoms with Gasteiger partial charge in [0.2, 0.25) is 11.7 Å². The van der Waals surface area contributed by atoms with Gasteiger partial charge in [-0.05, 0) is 29.8 Å². The van der Waals surface area contributed by atoms with Crippen LogP contribution in [-0.2, 0) is 11.3 Å². The Hall–Kier alpha value is -3.20. The molecule has 0 unspecified atom stereocenters. The predicted molar refractivity (Wildman–Crippen MR) is 109 cm³/mol. The van der Waals surface area contributed by atoms with Gasteiger partial charge in [0.1, 0.15) is 0 Å². The molecule has 2 aromatic rings. The van der Waals surface area contributed by atoms with Gasteiger partial charge in [0.05, 0.1) is 34.1 Å². The molecule has 2 heterocycles. The molecule has 1 saturated heterocycles. The monoisotopic (exact) mass is 417 g/mol. The van der Waals surface area contributed by atoms with E-state index in [9.17, 15) is 9.59 Å². The van der Waals surface area contributed by atoms with E-state index in [4.69, 9.17) is 18.6 Å². The molecule has 0 aliphatic carbocycles. The molecule has 1 aromatic heterocycles. The number of piperazine rings is 1. The lowest BCUT2D eigenvalue weighted by Crippen LogP contribution is -2.51. The number of methoxy groups -OCH3 is 3. The van der Waals surface area contributed by atoms with Crippen LogP contribution in [-0.4, -0.2) is 75.7 Å². The Labute approximate surface area is 175 Å². The summed E-state index contributed by atoms with van der Waals surface area (Å²) in [6.45, 7) is 2.98. The average molecular weight is 417 g/mol. The number of benzene rings is 1. The third-order valence-electron chi connectivity index (χ3n) is 4.97. The van der Waals surface area contributed by atoms with Gasteiger partial charge in [-0.2, -0.15) is 0 Å². The van der Waals surface area contributed by atoms with Crippen LogP contribution in [0.1, 0.15) is 16.1 Å². The van der Waals surface area contributed by atoms with Crippen LogP contribution in [0.4, 0.5) is 0 Å². The molecule has 0 bridgehead atoms. The van der Waals surface area contributed by atoms with E-state index >= 15 is 0 Å². The number of hydrogen-bond acceptors (Lipinski definition) is 7. The van der Waals surface area contributed by atoms with Crippen LogP contribution in [0, 0.1) is 0 Å². The van der Waals surface area contributed by atoms with Crippen LogP contribution in [0.15, 0.2) is 34.9 Å². The summed E-state index contributed by atoms with van der Waals surface area (Å²) >= 11 is 0. The first-order valence-electron chi connectivity index (χ1n) is 9.66. The highest BCUT2D eigenvalue weighted by Crippen LogP contribution is 2.38. The Morgan fingerprint density at radius 3 is 2.23 bits per heavy atom. The molecule has 1 fully saturated rings. The molecule has 0 spiro atoms. The molecule has 0 saturated carbocycles. The summed E-state index contributed by atoms with van der Waals surface area (Å²) in [5.74, 6) is 1.72. The third kappa shape index (κ3) is 5.04. The summed E-state index contributed by atoms with van der Waals surface area (Å²) in [4.78, 5) is 28.5. The molecule has 0 atom stereocenters. The maximum absolute atomic E-state index is 12.4. The zero-order chi connectivity index (χ0) is 21.5. The van der Waals surface area contributed by atoms with Crippen LogP contribution in [0.3, 0.4) is 0 Å². The number of carbonyl (C=O) groups is 2. The van der Waals surface area contributed by atoms with Gasteiger partial charge >= 0.3 is 0 Å². The Balaban J connectivity index is 1.48. The van der Waals surface area contributed by atoms with E-state index in [1.165, 1.54) is 6.26 Å². The van der Waals surface area contributed by atoms with Crippen molar-refractivity contribution >= 4 is 11.8 Å². The van der Waals surface area contributed by atoms with Crippen molar-refractivity contribution in [1.29, 1.82) is 0 Å². The fourth-order valence-electron chi connectivity index (χ4n) is 3.36. The standard InChI is InChI=1S/C21H27N3O6/c1-27-17-11-15(12-18(28-2)20(17)29-3)13-22-19(25)14-23-6-8-24(9-7-23)21(26)16-5-4-10-30-16/h4-5,10-12H,6-9,13-14H2,1-3H3,(H,22,25). The van der Waals surface area contributed by atoms with Gasteiger partial charge in [-0.15, -0.1) is 0 Å². The molecule has 1 aliphatic heterocycles. The molecular formula is C21H27N3O6. The molecule has 1 aromatic carbocycles. The van der Waals surface area contributed by atoms with Gasteiger partial charge < -0.3 is 28.8 Å². The fraction of sp³-hybridized carbons (Fsp3) is 0.429. The molecule has 1 aliphatic rings. The Morgan fingerprint density at radius 2 is 1.70 bits per heavy atom. The number of amides is 2. The first-order chi connectivity index (χ1) is 14.5. The normalized spacial score (nSPS) is 14.3. The minimum atomic E-state index is -0.119. The lowest BCUT2D eigenvalue weighted by atomic mass is 10.1. The molecule has 162 valence electrons. The van der Waals surface area contributed by atoms with Gasteiger partial charge in [0.25, 0.3) is 5.91 Å². The second-order valence-electron chi connectivity index (χ2n) is 6.86. The first kappa shape index (κ1) is 21.5. The zero-order valence-electron chi connectivity index (χ0n) is 17.5. The Morgan fingerprint density at radius 1 is 1.03 bits per heavy atom. The zero-order valence-corrected chi connectivity index (χ0v) is 17.5. The summed E-state index contributed by atoms with van der Waals surface area (Å²) in [7, 11) is 4.65. The number of nitrogens with one attached hydrogen (secondary N) is 1. The minimum Gasteiger partial charge on any atom is -0.493 e. The first-order valence-corrected chi connectivity index (χ1v) is 9.66. The van der Waals surface area contributed by atoms with E-state index in [0.29, 0.717) is 55.7 Å². The van der Waals surface area contributed by atoms with Gasteiger partial charge in [-0.1, -0.05) is 0 Å². The number of ether oxygens (including phenoxy) is 3.